The van der Waals surface area contributed by atoms with Gasteiger partial charge >= 0.3 is 5.97 Å². The van der Waals surface area contributed by atoms with Gasteiger partial charge in [0, 0.05) is 0 Å². The van der Waals surface area contributed by atoms with Gasteiger partial charge in [0.2, 0.25) is 0 Å². The number of esters is 1. The van der Waals surface area contributed by atoms with Crippen molar-refractivity contribution in [1.29, 1.82) is 5.26 Å². The van der Waals surface area contributed by atoms with Crippen molar-refractivity contribution in [2.75, 3.05) is 20.0 Å². The molecule has 6 nitrogen and oxygen atoms in total. The van der Waals surface area contributed by atoms with Crippen LogP contribution in [0, 0.1) is 11.3 Å². The summed E-state index contributed by atoms with van der Waals surface area (Å²) in [6, 6.07) is 14.9. The molecule has 0 aromatic heterocycles. The zero-order valence-electron chi connectivity index (χ0n) is 12.8. The number of benzene rings is 2. The normalized spacial score (nSPS) is 15.4. The molecular weight excluding hydrogens is 310 g/mol. The molecule has 3 rings (SSSR count). The average Bonchev–Trinajstić information content (AvgIpc) is 3.44. The van der Waals surface area contributed by atoms with Crippen LogP contribution >= 0.6 is 0 Å². The molecule has 1 saturated heterocycles. The SMILES string of the molecule is N#Cc1ccc(OC(=O)c2ccc(OCOCC3CO3)cc2)cc1. The first-order valence-corrected chi connectivity index (χ1v) is 7.39. The van der Waals surface area contributed by atoms with Crippen LogP contribution in [-0.4, -0.2) is 32.1 Å². The smallest absolute Gasteiger partial charge is 0.343 e. The van der Waals surface area contributed by atoms with Crippen molar-refractivity contribution in [1.82, 2.24) is 0 Å². The minimum Gasteiger partial charge on any atom is -0.468 e. The van der Waals surface area contributed by atoms with Crippen LogP contribution in [0.25, 0.3) is 0 Å². The number of hydrogen-bond donors (Lipinski definition) is 0. The summed E-state index contributed by atoms with van der Waals surface area (Å²) in [7, 11) is 0. The van der Waals surface area contributed by atoms with Crippen LogP contribution in [-0.2, 0) is 9.47 Å². The molecule has 1 fully saturated rings. The van der Waals surface area contributed by atoms with Gasteiger partial charge in [-0.2, -0.15) is 5.26 Å². The van der Waals surface area contributed by atoms with Gasteiger partial charge in [-0.05, 0) is 48.5 Å². The van der Waals surface area contributed by atoms with Crippen molar-refractivity contribution in [2.45, 2.75) is 6.10 Å². The van der Waals surface area contributed by atoms with E-state index >= 15 is 0 Å². The lowest BCUT2D eigenvalue weighted by Crippen LogP contribution is -2.09. The summed E-state index contributed by atoms with van der Waals surface area (Å²) in [6.07, 6.45) is 0.202. The Hall–Kier alpha value is -2.88. The Kier molecular flexibility index (Phi) is 5.06. The van der Waals surface area contributed by atoms with Crippen LogP contribution in [0.2, 0.25) is 0 Å². The van der Waals surface area contributed by atoms with E-state index in [9.17, 15) is 4.79 Å². The molecule has 0 bridgehead atoms. The van der Waals surface area contributed by atoms with E-state index in [1.54, 1.807) is 48.5 Å². The fraction of sp³-hybridized carbons (Fsp3) is 0.222. The van der Waals surface area contributed by atoms with Gasteiger partial charge in [0.05, 0.1) is 30.4 Å². The van der Waals surface area contributed by atoms with Gasteiger partial charge < -0.3 is 18.9 Å². The molecule has 1 unspecified atom stereocenters. The molecule has 1 atom stereocenters. The molecule has 0 saturated carbocycles. The van der Waals surface area contributed by atoms with Gasteiger partial charge in [0.25, 0.3) is 0 Å². The number of epoxide rings is 1. The quantitative estimate of drug-likeness (QED) is 0.256. The van der Waals surface area contributed by atoms with Crippen LogP contribution in [0.4, 0.5) is 0 Å². The summed E-state index contributed by atoms with van der Waals surface area (Å²) in [4.78, 5) is 12.1. The van der Waals surface area contributed by atoms with Crippen LogP contribution < -0.4 is 9.47 Å². The highest BCUT2D eigenvalue weighted by atomic mass is 16.7. The van der Waals surface area contributed by atoms with Crippen molar-refractivity contribution < 1.29 is 23.7 Å². The number of carbonyl (C=O) groups is 1. The van der Waals surface area contributed by atoms with E-state index in [0.29, 0.717) is 29.2 Å². The van der Waals surface area contributed by atoms with Crippen LogP contribution in [0.5, 0.6) is 11.5 Å². The number of nitrogens with zero attached hydrogens (tertiary/aromatic N) is 1. The second kappa shape index (κ2) is 7.59. The first kappa shape index (κ1) is 16.0. The molecule has 1 heterocycles. The molecule has 1 aliphatic heterocycles. The number of rotatable bonds is 7. The second-order valence-electron chi connectivity index (χ2n) is 5.14. The molecule has 2 aromatic rings. The molecule has 0 radical (unpaired) electrons. The Labute approximate surface area is 139 Å². The topological polar surface area (TPSA) is 81.1 Å². The van der Waals surface area contributed by atoms with Gasteiger partial charge in [0.15, 0.2) is 6.79 Å². The molecular formula is C18H15NO5. The molecule has 0 aliphatic carbocycles. The van der Waals surface area contributed by atoms with Crippen molar-refractivity contribution in [3.63, 3.8) is 0 Å². The molecule has 0 spiro atoms. The molecule has 0 amide bonds. The number of hydrogen-bond acceptors (Lipinski definition) is 6. The maximum atomic E-state index is 12.1. The van der Waals surface area contributed by atoms with Gasteiger partial charge in [-0.1, -0.05) is 0 Å². The number of nitriles is 1. The predicted octanol–water partition coefficient (Wildman–Crippen LogP) is 2.53. The van der Waals surface area contributed by atoms with Crippen molar-refractivity contribution in [3.8, 4) is 17.6 Å². The summed E-state index contributed by atoms with van der Waals surface area (Å²) in [5.41, 5.74) is 0.908. The largest absolute Gasteiger partial charge is 0.468 e. The maximum Gasteiger partial charge on any atom is 0.343 e. The minimum absolute atomic E-state index is 0.134. The molecule has 122 valence electrons. The van der Waals surface area contributed by atoms with E-state index in [1.165, 1.54) is 0 Å². The zero-order chi connectivity index (χ0) is 16.8. The predicted molar refractivity (Wildman–Crippen MR) is 83.7 cm³/mol. The Morgan fingerprint density at radius 1 is 1.12 bits per heavy atom. The first-order valence-electron chi connectivity index (χ1n) is 7.39. The summed E-state index contributed by atoms with van der Waals surface area (Å²) in [5, 5.41) is 8.74. The highest BCUT2D eigenvalue weighted by molar-refractivity contribution is 5.91. The van der Waals surface area contributed by atoms with E-state index in [4.69, 9.17) is 24.2 Å². The van der Waals surface area contributed by atoms with Crippen LogP contribution in [0.15, 0.2) is 48.5 Å². The standard InChI is InChI=1S/C18H15NO5/c19-9-13-1-5-16(6-2-13)24-18(20)14-3-7-15(8-4-14)23-12-21-10-17-11-22-17/h1-8,17H,10-12H2. The van der Waals surface area contributed by atoms with Gasteiger partial charge in [-0.15, -0.1) is 0 Å². The summed E-state index contributed by atoms with van der Waals surface area (Å²) in [6.45, 7) is 1.40. The molecule has 24 heavy (non-hydrogen) atoms. The molecule has 0 N–H and O–H groups in total. The number of carbonyl (C=O) groups excluding carboxylic acids is 1. The number of ether oxygens (including phenoxy) is 4. The fourth-order valence-corrected chi connectivity index (χ4v) is 1.90. The Bertz CT molecular complexity index is 729. The zero-order valence-corrected chi connectivity index (χ0v) is 12.8. The van der Waals surface area contributed by atoms with Crippen molar-refractivity contribution in [3.05, 3.63) is 59.7 Å². The van der Waals surface area contributed by atoms with Gasteiger partial charge in [-0.3, -0.25) is 0 Å². The monoisotopic (exact) mass is 325 g/mol. The average molecular weight is 325 g/mol. The third kappa shape index (κ3) is 4.56. The fourth-order valence-electron chi connectivity index (χ4n) is 1.90. The van der Waals surface area contributed by atoms with E-state index in [1.807, 2.05) is 6.07 Å². The Morgan fingerprint density at radius 2 is 1.79 bits per heavy atom. The Morgan fingerprint density at radius 3 is 2.42 bits per heavy atom. The Balaban J connectivity index is 1.49. The van der Waals surface area contributed by atoms with Crippen molar-refractivity contribution >= 4 is 5.97 Å². The molecule has 6 heteroatoms. The van der Waals surface area contributed by atoms with E-state index in [0.717, 1.165) is 6.61 Å². The summed E-state index contributed by atoms with van der Waals surface area (Å²) >= 11 is 0. The lowest BCUT2D eigenvalue weighted by molar-refractivity contribution is 0.00821. The summed E-state index contributed by atoms with van der Waals surface area (Å²) < 4.78 is 20.9. The third-order valence-electron chi connectivity index (χ3n) is 3.30. The van der Waals surface area contributed by atoms with E-state index in [-0.39, 0.29) is 12.9 Å². The highest BCUT2D eigenvalue weighted by Crippen LogP contribution is 2.17. The maximum absolute atomic E-state index is 12.1. The summed E-state index contributed by atoms with van der Waals surface area (Å²) in [5.74, 6) is 0.505. The van der Waals surface area contributed by atoms with Gasteiger partial charge in [-0.25, -0.2) is 4.79 Å². The lowest BCUT2D eigenvalue weighted by Gasteiger charge is -2.07. The van der Waals surface area contributed by atoms with Crippen LogP contribution in [0.1, 0.15) is 15.9 Å². The van der Waals surface area contributed by atoms with Gasteiger partial charge in [0.1, 0.15) is 17.6 Å². The highest BCUT2D eigenvalue weighted by Gasteiger charge is 2.22. The minimum atomic E-state index is -0.478. The van der Waals surface area contributed by atoms with Crippen LogP contribution in [0.3, 0.4) is 0 Å². The molecule has 2 aromatic carbocycles. The first-order chi connectivity index (χ1) is 11.7. The van der Waals surface area contributed by atoms with E-state index in [2.05, 4.69) is 0 Å². The second-order valence-corrected chi connectivity index (χ2v) is 5.14. The van der Waals surface area contributed by atoms with E-state index < -0.39 is 5.97 Å². The molecule has 1 aliphatic rings. The lowest BCUT2D eigenvalue weighted by atomic mass is 10.2. The third-order valence-corrected chi connectivity index (χ3v) is 3.30. The van der Waals surface area contributed by atoms with Crippen molar-refractivity contribution in [2.24, 2.45) is 0 Å².